The van der Waals surface area contributed by atoms with E-state index in [1.807, 2.05) is 0 Å². The van der Waals surface area contributed by atoms with Crippen molar-refractivity contribution in [3.8, 4) is 11.5 Å². The molecule has 0 aliphatic carbocycles. The van der Waals surface area contributed by atoms with E-state index in [1.165, 1.54) is 14.2 Å². The van der Waals surface area contributed by atoms with Gasteiger partial charge in [0.25, 0.3) is 5.91 Å². The molecule has 0 aromatic heterocycles. The molecule has 0 saturated carbocycles. The van der Waals surface area contributed by atoms with Crippen LogP contribution in [0.25, 0.3) is 0 Å². The number of ether oxygens (including phenoxy) is 4. The van der Waals surface area contributed by atoms with E-state index in [0.717, 1.165) is 0 Å². The standard InChI is InChI=1S/C20H22ClNO6/c1-13(20(24)27-11-10-25-2)28-16-7-4-14(5-8-16)19(23)22-15-6-9-18(26-3)17(21)12-15/h4-9,12-13H,10-11H2,1-3H3,(H,22,23)/t13-/m0/s1. The molecule has 0 radical (unpaired) electrons. The molecule has 8 heteroatoms. The molecule has 1 amide bonds. The minimum absolute atomic E-state index is 0.164. The number of carbonyl (C=O) groups is 2. The average molecular weight is 408 g/mol. The van der Waals surface area contributed by atoms with Gasteiger partial charge in [-0.2, -0.15) is 0 Å². The third-order valence-electron chi connectivity index (χ3n) is 3.70. The molecular formula is C20H22ClNO6. The van der Waals surface area contributed by atoms with Gasteiger partial charge in [0.15, 0.2) is 6.10 Å². The fourth-order valence-electron chi connectivity index (χ4n) is 2.23. The fraction of sp³-hybridized carbons (Fsp3) is 0.300. The molecular weight excluding hydrogens is 386 g/mol. The van der Waals surface area contributed by atoms with Crippen LogP contribution in [0.3, 0.4) is 0 Å². The molecule has 7 nitrogen and oxygen atoms in total. The molecule has 28 heavy (non-hydrogen) atoms. The van der Waals surface area contributed by atoms with Crippen molar-refractivity contribution in [2.24, 2.45) is 0 Å². The van der Waals surface area contributed by atoms with Crippen LogP contribution in [-0.2, 0) is 14.3 Å². The summed E-state index contributed by atoms with van der Waals surface area (Å²) >= 11 is 6.06. The van der Waals surface area contributed by atoms with Crippen LogP contribution in [0.1, 0.15) is 17.3 Å². The first kappa shape index (κ1) is 21.5. The van der Waals surface area contributed by atoms with Crippen LogP contribution in [0, 0.1) is 0 Å². The molecule has 2 aromatic carbocycles. The normalized spacial score (nSPS) is 11.4. The zero-order valence-electron chi connectivity index (χ0n) is 15.9. The molecule has 0 unspecified atom stereocenters. The first-order chi connectivity index (χ1) is 13.4. The minimum Gasteiger partial charge on any atom is -0.495 e. The van der Waals surface area contributed by atoms with Gasteiger partial charge in [0.1, 0.15) is 18.1 Å². The number of benzene rings is 2. The van der Waals surface area contributed by atoms with Gasteiger partial charge >= 0.3 is 5.97 Å². The lowest BCUT2D eigenvalue weighted by Crippen LogP contribution is -2.27. The van der Waals surface area contributed by atoms with Crippen molar-refractivity contribution in [2.75, 3.05) is 32.8 Å². The van der Waals surface area contributed by atoms with Gasteiger partial charge in [-0.1, -0.05) is 11.6 Å². The largest absolute Gasteiger partial charge is 0.495 e. The molecule has 0 heterocycles. The molecule has 150 valence electrons. The van der Waals surface area contributed by atoms with E-state index in [9.17, 15) is 9.59 Å². The third-order valence-corrected chi connectivity index (χ3v) is 4.00. The van der Waals surface area contributed by atoms with Gasteiger partial charge in [-0.15, -0.1) is 0 Å². The molecule has 0 spiro atoms. The van der Waals surface area contributed by atoms with Gasteiger partial charge in [-0.05, 0) is 49.4 Å². The van der Waals surface area contributed by atoms with Crippen LogP contribution < -0.4 is 14.8 Å². The number of anilines is 1. The van der Waals surface area contributed by atoms with E-state index in [0.29, 0.717) is 34.4 Å². The summed E-state index contributed by atoms with van der Waals surface area (Å²) in [6.07, 6.45) is -0.780. The average Bonchev–Trinajstić information content (AvgIpc) is 2.68. The summed E-state index contributed by atoms with van der Waals surface area (Å²) in [5.74, 6) is 0.173. The van der Waals surface area contributed by atoms with E-state index >= 15 is 0 Å². The number of nitrogens with one attached hydrogen (secondary N) is 1. The molecule has 1 atom stereocenters. The number of halogens is 1. The van der Waals surface area contributed by atoms with Gasteiger partial charge in [0.05, 0.1) is 18.7 Å². The fourth-order valence-corrected chi connectivity index (χ4v) is 2.49. The number of hydrogen-bond acceptors (Lipinski definition) is 6. The van der Waals surface area contributed by atoms with Crippen LogP contribution in [0.2, 0.25) is 5.02 Å². The van der Waals surface area contributed by atoms with Crippen LogP contribution >= 0.6 is 11.6 Å². The third kappa shape index (κ3) is 6.14. The number of amides is 1. The Morgan fingerprint density at radius 1 is 1.07 bits per heavy atom. The van der Waals surface area contributed by atoms with Crippen molar-refractivity contribution in [3.63, 3.8) is 0 Å². The van der Waals surface area contributed by atoms with Crippen LogP contribution in [0.15, 0.2) is 42.5 Å². The lowest BCUT2D eigenvalue weighted by Gasteiger charge is -2.14. The zero-order chi connectivity index (χ0) is 20.5. The van der Waals surface area contributed by atoms with Crippen molar-refractivity contribution < 1.29 is 28.5 Å². The highest BCUT2D eigenvalue weighted by Gasteiger charge is 2.16. The molecule has 2 aromatic rings. The summed E-state index contributed by atoms with van der Waals surface area (Å²) in [5, 5.41) is 3.15. The van der Waals surface area contributed by atoms with Crippen LogP contribution in [-0.4, -0.2) is 45.4 Å². The highest BCUT2D eigenvalue weighted by atomic mass is 35.5. The van der Waals surface area contributed by atoms with Crippen molar-refractivity contribution in [1.29, 1.82) is 0 Å². The first-order valence-electron chi connectivity index (χ1n) is 8.51. The molecule has 0 saturated heterocycles. The van der Waals surface area contributed by atoms with Gasteiger partial charge in [0, 0.05) is 18.4 Å². The van der Waals surface area contributed by atoms with Gasteiger partial charge in [0.2, 0.25) is 0 Å². The smallest absolute Gasteiger partial charge is 0.347 e. The Hall–Kier alpha value is -2.77. The number of carbonyl (C=O) groups excluding carboxylic acids is 2. The summed E-state index contributed by atoms with van der Waals surface area (Å²) < 4.78 is 20.4. The number of hydrogen-bond donors (Lipinski definition) is 1. The monoisotopic (exact) mass is 407 g/mol. The number of rotatable bonds is 9. The Bertz CT molecular complexity index is 809. The van der Waals surface area contributed by atoms with Crippen molar-refractivity contribution in [1.82, 2.24) is 0 Å². The summed E-state index contributed by atoms with van der Waals surface area (Å²) in [4.78, 5) is 24.1. The van der Waals surface area contributed by atoms with Crippen LogP contribution in [0.4, 0.5) is 5.69 Å². The topological polar surface area (TPSA) is 83.1 Å². The first-order valence-corrected chi connectivity index (χ1v) is 8.89. The van der Waals surface area contributed by atoms with E-state index in [-0.39, 0.29) is 12.5 Å². The highest BCUT2D eigenvalue weighted by Crippen LogP contribution is 2.27. The molecule has 0 aliphatic rings. The summed E-state index contributed by atoms with van der Waals surface area (Å²) in [6, 6.07) is 11.4. The van der Waals surface area contributed by atoms with E-state index < -0.39 is 12.1 Å². The van der Waals surface area contributed by atoms with Crippen molar-refractivity contribution in [2.45, 2.75) is 13.0 Å². The maximum absolute atomic E-state index is 12.4. The Morgan fingerprint density at radius 2 is 1.79 bits per heavy atom. The summed E-state index contributed by atoms with van der Waals surface area (Å²) in [5.41, 5.74) is 0.971. The molecule has 0 bridgehead atoms. The summed E-state index contributed by atoms with van der Waals surface area (Å²) in [7, 11) is 3.04. The van der Waals surface area contributed by atoms with Crippen molar-refractivity contribution >= 4 is 29.2 Å². The Kier molecular flexibility index (Phi) is 8.10. The minimum atomic E-state index is -0.780. The summed E-state index contributed by atoms with van der Waals surface area (Å²) in [6.45, 7) is 2.07. The number of methoxy groups -OCH3 is 2. The quantitative estimate of drug-likeness (QED) is 0.505. The van der Waals surface area contributed by atoms with Crippen LogP contribution in [0.5, 0.6) is 11.5 Å². The Morgan fingerprint density at radius 3 is 2.39 bits per heavy atom. The van der Waals surface area contributed by atoms with E-state index in [2.05, 4.69) is 5.32 Å². The molecule has 0 fully saturated rings. The predicted octanol–water partition coefficient (Wildman–Crippen LogP) is 3.56. The predicted molar refractivity (Wildman–Crippen MR) is 105 cm³/mol. The number of esters is 1. The maximum Gasteiger partial charge on any atom is 0.347 e. The Balaban J connectivity index is 1.93. The van der Waals surface area contributed by atoms with Gasteiger partial charge < -0.3 is 24.3 Å². The second-order valence-electron chi connectivity index (χ2n) is 5.75. The lowest BCUT2D eigenvalue weighted by molar-refractivity contribution is -0.152. The van der Waals surface area contributed by atoms with Gasteiger partial charge in [-0.25, -0.2) is 4.79 Å². The highest BCUT2D eigenvalue weighted by molar-refractivity contribution is 6.32. The van der Waals surface area contributed by atoms with Crippen molar-refractivity contribution in [3.05, 3.63) is 53.1 Å². The van der Waals surface area contributed by atoms with E-state index in [1.54, 1.807) is 49.4 Å². The molecule has 1 N–H and O–H groups in total. The Labute approximate surface area is 168 Å². The molecule has 2 rings (SSSR count). The SMILES string of the molecule is COCCOC(=O)[C@H](C)Oc1ccc(C(=O)Nc2ccc(OC)c(Cl)c2)cc1. The zero-order valence-corrected chi connectivity index (χ0v) is 16.6. The molecule has 0 aliphatic heterocycles. The lowest BCUT2D eigenvalue weighted by atomic mass is 10.2. The van der Waals surface area contributed by atoms with E-state index in [4.69, 9.17) is 30.5 Å². The second kappa shape index (κ2) is 10.5. The van der Waals surface area contributed by atoms with Gasteiger partial charge in [-0.3, -0.25) is 4.79 Å². The maximum atomic E-state index is 12.4. The second-order valence-corrected chi connectivity index (χ2v) is 6.16.